The number of Topliss-reactive ketones (excluding diaryl/α,β-unsaturated/α-hetero) is 1. The molecule has 3 N–H and O–H groups in total. The van der Waals surface area contributed by atoms with Crippen molar-refractivity contribution in [2.24, 2.45) is 0 Å². The zero-order chi connectivity index (χ0) is 44.6. The van der Waals surface area contributed by atoms with Crippen molar-refractivity contribution in [3.63, 3.8) is 0 Å². The molecule has 16 heteroatoms. The Balaban J connectivity index is 1.86. The highest BCUT2D eigenvalue weighted by atomic mass is 79.9. The highest BCUT2D eigenvalue weighted by Gasteiger charge is 2.49. The summed E-state index contributed by atoms with van der Waals surface area (Å²) in [5, 5.41) is 5.81. The van der Waals surface area contributed by atoms with Crippen LogP contribution >= 0.6 is 23.5 Å². The average Bonchev–Trinajstić information content (AvgIpc) is 3.19. The third-order valence-electron chi connectivity index (χ3n) is 7.85. The van der Waals surface area contributed by atoms with Crippen LogP contribution in [0, 0.1) is 13.8 Å². The fourth-order valence-corrected chi connectivity index (χ4v) is 7.18. The van der Waals surface area contributed by atoms with Crippen LogP contribution in [-0.4, -0.2) is 70.0 Å². The summed E-state index contributed by atoms with van der Waals surface area (Å²) < 4.78 is 112. The number of hydrogen-bond acceptors (Lipinski definition) is 11. The van der Waals surface area contributed by atoms with Crippen molar-refractivity contribution in [3.8, 4) is 28.7 Å². The van der Waals surface area contributed by atoms with Crippen LogP contribution in [0.5, 0.6) is 28.7 Å². The van der Waals surface area contributed by atoms with Crippen LogP contribution in [0.25, 0.3) is 0 Å². The minimum absolute atomic E-state index is 0.178. The Bertz CT molecular complexity index is 2200. The smallest absolute Gasteiger partial charge is 0.343 e. The molecule has 0 aromatic heterocycles. The molecule has 3 aromatic carbocycles. The number of amides is 3. The number of ether oxygens (including phenoxy) is 4. The lowest BCUT2D eigenvalue weighted by molar-refractivity contribution is -0.125. The summed E-state index contributed by atoms with van der Waals surface area (Å²) in [7, 11) is -11.7. The number of nitrogens with one attached hydrogen (secondary N) is 3. The van der Waals surface area contributed by atoms with Crippen LogP contribution in [-0.2, 0) is 23.2 Å². The quantitative estimate of drug-likeness (QED) is 0.163. The van der Waals surface area contributed by atoms with Crippen molar-refractivity contribution in [1.82, 2.24) is 5.32 Å². The van der Waals surface area contributed by atoms with E-state index in [1.807, 2.05) is 6.07 Å². The average molecular weight is 786 g/mol. The first kappa shape index (κ1) is 27.3. The van der Waals surface area contributed by atoms with E-state index in [1.54, 1.807) is 26.0 Å². The van der Waals surface area contributed by atoms with Gasteiger partial charge in [-0.2, -0.15) is 0 Å². The fraction of sp³-hybridized carbons (Fsp3) is 0.353. The number of carbonyl (C=O) groups is 4. The van der Waals surface area contributed by atoms with Gasteiger partial charge in [-0.15, -0.1) is 0 Å². The fourth-order valence-electron chi connectivity index (χ4n) is 5.17. The number of anilines is 2. The van der Waals surface area contributed by atoms with Gasteiger partial charge in [0.1, 0.15) is 16.9 Å². The number of benzene rings is 3. The number of rotatable bonds is 13. The van der Waals surface area contributed by atoms with Gasteiger partial charge in [-0.3, -0.25) is 23.7 Å². The molecule has 1 aliphatic rings. The molecule has 0 saturated carbocycles. The SMILES string of the molecule is [2H]C([2H])([2H])Oc1cc(C(=O)Nc2cc3c(cc2Oc2cc(C)cc(C)c2)C(=O)N[C@@H](CC(=O)C(C)(C)P(=O)(OC)OC)C(=O)N3)c(Br)c(OC([2H])([2H])[2H])c1OC([2H])([2H])[2H]. The highest BCUT2D eigenvalue weighted by Crippen LogP contribution is 2.59. The first-order valence-electron chi connectivity index (χ1n) is 19.0. The second kappa shape index (κ2) is 15.2. The molecule has 268 valence electrons. The summed E-state index contributed by atoms with van der Waals surface area (Å²) in [6.45, 7) is 6.20. The predicted molar refractivity (Wildman–Crippen MR) is 189 cm³/mol. The maximum atomic E-state index is 14.2. The summed E-state index contributed by atoms with van der Waals surface area (Å²) >= 11 is 3.06. The van der Waals surface area contributed by atoms with E-state index in [0.29, 0.717) is 0 Å². The van der Waals surface area contributed by atoms with E-state index >= 15 is 0 Å². The summed E-state index contributed by atoms with van der Waals surface area (Å²) in [6.07, 6.45) is -0.637. The third kappa shape index (κ3) is 7.51. The molecule has 1 atom stereocenters. The summed E-state index contributed by atoms with van der Waals surface area (Å²) in [5.41, 5.74) is 0.407. The Labute approximate surface area is 310 Å². The van der Waals surface area contributed by atoms with E-state index in [2.05, 4.69) is 31.9 Å². The van der Waals surface area contributed by atoms with Gasteiger partial charge in [0.05, 0.1) is 60.4 Å². The van der Waals surface area contributed by atoms with Crippen LogP contribution in [0.3, 0.4) is 0 Å². The van der Waals surface area contributed by atoms with E-state index in [4.69, 9.17) is 40.3 Å². The molecule has 0 unspecified atom stereocenters. The van der Waals surface area contributed by atoms with Gasteiger partial charge in [-0.25, -0.2) is 0 Å². The molecule has 4 rings (SSSR count). The molecular formula is C34H39BrN3O11P. The third-order valence-corrected chi connectivity index (χ3v) is 11.2. The standard InChI is InChI=1S/C34H39BrN3O11P/c1-17-10-18(2)12-19(11-17)49-25-13-20-22(15-23(25)37-32(41)21-14-26(44-5)29(45-6)30(46-7)28(21)35)36-33(42)24(38-31(20)40)16-27(39)34(3,4)50(43,47-8)48-9/h10-15,24H,16H2,1-9H3,(H,36,42)(H,37,41)(H,38,40)/t24-/m0/s1/i5D3,6D3,7D3. The Kier molecular flexibility index (Phi) is 8.31. The zero-order valence-corrected chi connectivity index (χ0v) is 30.0. The van der Waals surface area contributed by atoms with Crippen LogP contribution < -0.4 is 34.9 Å². The van der Waals surface area contributed by atoms with Crippen LogP contribution in [0.1, 0.15) is 64.4 Å². The van der Waals surface area contributed by atoms with Gasteiger partial charge in [0.2, 0.25) is 11.7 Å². The maximum Gasteiger partial charge on any atom is 0.343 e. The first-order chi connectivity index (χ1) is 27.0. The number of fused-ring (bicyclic) bond motifs is 1. The molecule has 0 saturated heterocycles. The number of halogens is 1. The summed E-state index contributed by atoms with van der Waals surface area (Å²) in [4.78, 5) is 54.8. The molecule has 0 aliphatic carbocycles. The normalized spacial score (nSPS) is 17.9. The number of methoxy groups -OCH3 is 3. The molecule has 14 nitrogen and oxygen atoms in total. The lowest BCUT2D eigenvalue weighted by atomic mass is 10.00. The van der Waals surface area contributed by atoms with Crippen molar-refractivity contribution in [3.05, 3.63) is 63.1 Å². The van der Waals surface area contributed by atoms with Gasteiger partial charge in [-0.1, -0.05) is 6.07 Å². The van der Waals surface area contributed by atoms with E-state index < -0.39 is 97.1 Å². The topological polar surface area (TPSA) is 177 Å². The van der Waals surface area contributed by atoms with Crippen molar-refractivity contribution in [2.45, 2.75) is 45.3 Å². The van der Waals surface area contributed by atoms with Gasteiger partial charge >= 0.3 is 7.60 Å². The number of ketones is 1. The number of aryl methyl sites for hydroxylation is 2. The highest BCUT2D eigenvalue weighted by molar-refractivity contribution is 9.10. The molecule has 0 bridgehead atoms. The lowest BCUT2D eigenvalue weighted by Crippen LogP contribution is -2.46. The van der Waals surface area contributed by atoms with E-state index in [1.165, 1.54) is 19.9 Å². The second-order valence-electron chi connectivity index (χ2n) is 11.5. The Morgan fingerprint density at radius 2 is 1.58 bits per heavy atom. The molecule has 3 aromatic rings. The molecule has 0 fully saturated rings. The Morgan fingerprint density at radius 1 is 0.940 bits per heavy atom. The van der Waals surface area contributed by atoms with E-state index in [-0.39, 0.29) is 28.4 Å². The minimum atomic E-state index is -4.01. The monoisotopic (exact) mass is 784 g/mol. The van der Waals surface area contributed by atoms with Crippen molar-refractivity contribution >= 4 is 58.4 Å². The van der Waals surface area contributed by atoms with Crippen molar-refractivity contribution in [2.75, 3.05) is 46.0 Å². The maximum absolute atomic E-state index is 14.2. The van der Waals surface area contributed by atoms with Gasteiger partial charge < -0.3 is 43.9 Å². The van der Waals surface area contributed by atoms with E-state index in [0.717, 1.165) is 37.5 Å². The molecule has 50 heavy (non-hydrogen) atoms. The van der Waals surface area contributed by atoms with Crippen LogP contribution in [0.2, 0.25) is 0 Å². The van der Waals surface area contributed by atoms with Gasteiger partial charge in [0.25, 0.3) is 11.8 Å². The Morgan fingerprint density at radius 3 is 2.20 bits per heavy atom. The van der Waals surface area contributed by atoms with Crippen molar-refractivity contribution < 1.29 is 64.1 Å². The molecule has 1 aliphatic heterocycles. The molecular weight excluding hydrogens is 737 g/mol. The van der Waals surface area contributed by atoms with Crippen molar-refractivity contribution in [1.29, 1.82) is 0 Å². The second-order valence-corrected chi connectivity index (χ2v) is 15.2. The van der Waals surface area contributed by atoms with Crippen LogP contribution in [0.4, 0.5) is 11.4 Å². The van der Waals surface area contributed by atoms with Gasteiger partial charge in [-0.05, 0) is 85.1 Å². The van der Waals surface area contributed by atoms with Gasteiger partial charge in [0, 0.05) is 20.6 Å². The van der Waals surface area contributed by atoms with Gasteiger partial charge in [0.15, 0.2) is 23.0 Å². The Hall–Kier alpha value is -4.43. The molecule has 1 heterocycles. The molecule has 3 amide bonds. The summed E-state index contributed by atoms with van der Waals surface area (Å²) in [6, 6.07) is 6.75. The zero-order valence-electron chi connectivity index (χ0n) is 36.6. The molecule has 0 radical (unpaired) electrons. The molecule has 0 spiro atoms. The van der Waals surface area contributed by atoms with Crippen LogP contribution in [0.15, 0.2) is 40.9 Å². The minimum Gasteiger partial charge on any atom is -0.493 e. The number of hydrogen-bond donors (Lipinski definition) is 3. The summed E-state index contributed by atoms with van der Waals surface area (Å²) in [5.74, 6) is -6.38. The number of carbonyl (C=O) groups excluding carboxylic acids is 4. The first-order valence-corrected chi connectivity index (χ1v) is 16.9. The van der Waals surface area contributed by atoms with E-state index in [9.17, 15) is 23.7 Å². The largest absolute Gasteiger partial charge is 0.493 e. The lowest BCUT2D eigenvalue weighted by Gasteiger charge is -2.30. The predicted octanol–water partition coefficient (Wildman–Crippen LogP) is 6.41.